The van der Waals surface area contributed by atoms with Gasteiger partial charge in [-0.05, 0) is 61.9 Å². The maximum Gasteiger partial charge on any atom is 2.00 e. The van der Waals surface area contributed by atoms with Gasteiger partial charge >= 0.3 is 17.1 Å². The molecule has 0 atom stereocenters. The van der Waals surface area contributed by atoms with Crippen molar-refractivity contribution < 1.29 is 36.9 Å². The van der Waals surface area contributed by atoms with Crippen LogP contribution in [-0.4, -0.2) is 60.0 Å². The van der Waals surface area contributed by atoms with Gasteiger partial charge in [0.15, 0.2) is 0 Å². The molecule has 170 valence electrons. The molecule has 8 heteroatoms. The zero-order valence-electron chi connectivity index (χ0n) is 19.5. The van der Waals surface area contributed by atoms with Crippen LogP contribution in [0.2, 0.25) is 0 Å². The number of hydrogen-bond donors (Lipinski definition) is 1. The molecular formula is C20H43FeNO4P2. The number of carboxylic acid groups (broad SMARTS) is 2. The van der Waals surface area contributed by atoms with Crippen LogP contribution < -0.4 is 15.5 Å². The van der Waals surface area contributed by atoms with Gasteiger partial charge < -0.3 is 25.1 Å². The third-order valence-electron chi connectivity index (χ3n) is 3.75. The molecule has 0 aromatic carbocycles. The predicted molar refractivity (Wildman–Crippen MR) is 118 cm³/mol. The van der Waals surface area contributed by atoms with E-state index in [0.717, 1.165) is 36.5 Å². The molecule has 0 aliphatic carbocycles. The summed E-state index contributed by atoms with van der Waals surface area (Å²) in [4.78, 5) is 17.8. The van der Waals surface area contributed by atoms with E-state index in [1.165, 1.54) is 25.4 Å². The molecule has 0 radical (unpaired) electrons. The molecule has 0 heterocycles. The molecular weight excluding hydrogens is 436 g/mol. The fraction of sp³-hybridized carbons (Fsp3) is 0.900. The average Bonchev–Trinajstić information content (AvgIpc) is 2.43. The Balaban J connectivity index is -0.000000270. The molecule has 0 spiro atoms. The average molecular weight is 479 g/mol. The van der Waals surface area contributed by atoms with E-state index in [0.29, 0.717) is 0 Å². The number of aliphatic carboxylic acids is 2. The van der Waals surface area contributed by atoms with Crippen molar-refractivity contribution in [1.29, 1.82) is 0 Å². The van der Waals surface area contributed by atoms with Crippen molar-refractivity contribution >= 4 is 27.8 Å². The van der Waals surface area contributed by atoms with Crippen molar-refractivity contribution in [2.24, 2.45) is 0 Å². The van der Waals surface area contributed by atoms with Crippen LogP contribution in [0.5, 0.6) is 0 Å². The minimum atomic E-state index is -1.08. The first-order chi connectivity index (χ1) is 12.2. The van der Waals surface area contributed by atoms with Crippen LogP contribution in [0, 0.1) is 0 Å². The molecule has 0 aliphatic rings. The number of rotatable bonds is 10. The van der Waals surface area contributed by atoms with Crippen LogP contribution in [0.4, 0.5) is 0 Å². The number of carbonyl (C=O) groups is 2. The Morgan fingerprint density at radius 3 is 1.00 bits per heavy atom. The molecule has 0 aromatic rings. The van der Waals surface area contributed by atoms with Gasteiger partial charge in [0.1, 0.15) is 0 Å². The molecule has 0 saturated carbocycles. The van der Waals surface area contributed by atoms with Gasteiger partial charge in [0.25, 0.3) is 0 Å². The number of carbonyl (C=O) groups excluding carboxylic acids is 2. The summed E-state index contributed by atoms with van der Waals surface area (Å²) in [6, 6.07) is 0. The molecule has 0 rings (SSSR count). The van der Waals surface area contributed by atoms with Gasteiger partial charge in [0.05, 0.1) is 0 Å². The Morgan fingerprint density at radius 2 is 0.857 bits per heavy atom. The Morgan fingerprint density at radius 1 is 0.679 bits per heavy atom. The van der Waals surface area contributed by atoms with Gasteiger partial charge in [-0.2, -0.15) is 0 Å². The molecule has 1 N–H and O–H groups in total. The SMILES string of the molecule is CC(=O)[O-].CC(=O)[O-].CC(C)P(CCNCCP(C(C)C)C(C)C)C(C)C.[Fe+2]. The van der Waals surface area contributed by atoms with Crippen molar-refractivity contribution in [2.45, 2.75) is 91.9 Å². The third-order valence-corrected chi connectivity index (χ3v) is 10.5. The Labute approximate surface area is 187 Å². The van der Waals surface area contributed by atoms with E-state index in [2.05, 4.69) is 60.7 Å². The first-order valence-corrected chi connectivity index (χ1v) is 13.1. The van der Waals surface area contributed by atoms with Gasteiger partial charge in [-0.25, -0.2) is 0 Å². The standard InChI is InChI=1S/C16H37NP2.2C2H4O2.Fe/c1-13(2)18(14(3)4)11-9-17-10-12-19(15(5)6)16(7)8;2*1-2(3)4;/h13-17H,9-12H2,1-8H3;2*1H3,(H,3,4);/q;;;+2/p-2. The summed E-state index contributed by atoms with van der Waals surface area (Å²) < 4.78 is 0. The maximum atomic E-state index is 8.89. The number of nitrogens with one attached hydrogen (secondary N) is 1. The second-order valence-electron chi connectivity index (χ2n) is 7.58. The fourth-order valence-electron chi connectivity index (χ4n) is 2.77. The fourth-order valence-corrected chi connectivity index (χ4v) is 8.05. The van der Waals surface area contributed by atoms with Crippen LogP contribution in [0.25, 0.3) is 0 Å². The first-order valence-electron chi connectivity index (χ1n) is 9.81. The molecule has 28 heavy (non-hydrogen) atoms. The Bertz CT molecular complexity index is 323. The van der Waals surface area contributed by atoms with E-state index in [-0.39, 0.29) is 32.9 Å². The van der Waals surface area contributed by atoms with E-state index in [1.807, 2.05) is 0 Å². The first kappa shape index (κ1) is 35.7. The van der Waals surface area contributed by atoms with Crippen LogP contribution in [0.3, 0.4) is 0 Å². The van der Waals surface area contributed by atoms with Gasteiger partial charge in [-0.3, -0.25) is 0 Å². The molecule has 0 amide bonds. The van der Waals surface area contributed by atoms with E-state index in [1.54, 1.807) is 0 Å². The zero-order chi connectivity index (χ0) is 22.2. The topological polar surface area (TPSA) is 92.3 Å². The summed E-state index contributed by atoms with van der Waals surface area (Å²) in [5.74, 6) is -2.17. The zero-order valence-corrected chi connectivity index (χ0v) is 22.4. The summed E-state index contributed by atoms with van der Waals surface area (Å²) in [7, 11) is 0.415. The van der Waals surface area contributed by atoms with E-state index >= 15 is 0 Å². The van der Waals surface area contributed by atoms with Crippen molar-refractivity contribution in [1.82, 2.24) is 5.32 Å². The molecule has 0 saturated heterocycles. The monoisotopic (exact) mass is 479 g/mol. The molecule has 0 aliphatic heterocycles. The Kier molecular flexibility index (Phi) is 28.0. The van der Waals surface area contributed by atoms with Gasteiger partial charge in [0, 0.05) is 11.9 Å². The minimum Gasteiger partial charge on any atom is -0.550 e. The van der Waals surface area contributed by atoms with E-state index < -0.39 is 11.9 Å². The number of carboxylic acids is 2. The van der Waals surface area contributed by atoms with Gasteiger partial charge in [0.2, 0.25) is 0 Å². The molecule has 0 bridgehead atoms. The maximum absolute atomic E-state index is 8.89. The Hall–Kier alpha value is 0.279. The molecule has 0 fully saturated rings. The largest absolute Gasteiger partial charge is 2.00 e. The summed E-state index contributed by atoms with van der Waals surface area (Å²) in [5, 5.41) is 21.5. The van der Waals surface area contributed by atoms with E-state index in [9.17, 15) is 0 Å². The van der Waals surface area contributed by atoms with Crippen molar-refractivity contribution in [2.75, 3.05) is 25.4 Å². The molecule has 0 aromatic heterocycles. The number of hydrogen-bond acceptors (Lipinski definition) is 5. The third kappa shape index (κ3) is 28.5. The van der Waals surface area contributed by atoms with Gasteiger partial charge in [-0.15, -0.1) is 15.8 Å². The van der Waals surface area contributed by atoms with Gasteiger partial charge in [-0.1, -0.05) is 55.4 Å². The quantitative estimate of drug-likeness (QED) is 0.296. The summed E-state index contributed by atoms with van der Waals surface area (Å²) >= 11 is 0. The smallest absolute Gasteiger partial charge is 0.550 e. The predicted octanol–water partition coefficient (Wildman–Crippen LogP) is 2.68. The normalized spacial score (nSPS) is 10.6. The van der Waals surface area contributed by atoms with Crippen LogP contribution in [-0.2, 0) is 26.7 Å². The van der Waals surface area contributed by atoms with E-state index in [4.69, 9.17) is 19.8 Å². The minimum absolute atomic E-state index is 0. The van der Waals surface area contributed by atoms with Crippen molar-refractivity contribution in [3.05, 3.63) is 0 Å². The summed E-state index contributed by atoms with van der Waals surface area (Å²) in [6.07, 6.45) is 2.79. The van der Waals surface area contributed by atoms with Crippen LogP contribution >= 0.6 is 15.8 Å². The second kappa shape index (κ2) is 22.0. The van der Waals surface area contributed by atoms with Crippen molar-refractivity contribution in [3.8, 4) is 0 Å². The summed E-state index contributed by atoms with van der Waals surface area (Å²) in [5.41, 5.74) is 3.50. The second-order valence-corrected chi connectivity index (χ2v) is 14.7. The molecule has 0 unspecified atom stereocenters. The van der Waals surface area contributed by atoms with Crippen molar-refractivity contribution in [3.63, 3.8) is 0 Å². The summed E-state index contributed by atoms with van der Waals surface area (Å²) in [6.45, 7) is 23.5. The molecule has 5 nitrogen and oxygen atoms in total. The van der Waals surface area contributed by atoms with Crippen LogP contribution in [0.15, 0.2) is 0 Å². The van der Waals surface area contributed by atoms with Crippen LogP contribution in [0.1, 0.15) is 69.2 Å².